The number of nitrogens with one attached hydrogen (secondary N) is 5. The van der Waals surface area contributed by atoms with E-state index >= 15 is 0 Å². The van der Waals surface area contributed by atoms with E-state index in [-0.39, 0.29) is 36.7 Å². The largest absolute Gasteiger partial charge is 0.494 e. The summed E-state index contributed by atoms with van der Waals surface area (Å²) in [6.45, 7) is 5.78. The monoisotopic (exact) mass is 827 g/mol. The number of rotatable bonds is 14. The first-order chi connectivity index (χ1) is 27.9. The molecule has 3 aromatic carbocycles. The van der Waals surface area contributed by atoms with Gasteiger partial charge >= 0.3 is 0 Å². The summed E-state index contributed by atoms with van der Waals surface area (Å²) in [6.07, 6.45) is 4.57. The number of ether oxygens (including phenoxy) is 1. The summed E-state index contributed by atoms with van der Waals surface area (Å²) >= 11 is 6.45. The number of nitrogens with zero attached hydrogens (tertiary/aromatic N) is 4. The van der Waals surface area contributed by atoms with Crippen molar-refractivity contribution < 1.29 is 28.5 Å². The van der Waals surface area contributed by atoms with E-state index in [4.69, 9.17) is 16.3 Å². The van der Waals surface area contributed by atoms with Crippen molar-refractivity contribution in [3.63, 3.8) is 0 Å². The molecule has 3 aliphatic rings. The molecule has 4 amide bonds. The SMILES string of the molecule is COc1cc(N2CCC(NC(=O)CCCNc3cccc4c3CN(C3CCC(=O)NC3=O)C4=O)CC2)ccc1Nc1ncc(Cl)c(Nc2ccccc2P(C)(C)=O)n1. The van der Waals surface area contributed by atoms with E-state index in [1.54, 1.807) is 32.6 Å². The van der Waals surface area contributed by atoms with Gasteiger partial charge < -0.3 is 40.4 Å². The number of fused-ring (bicyclic) bond motifs is 1. The van der Waals surface area contributed by atoms with E-state index in [0.29, 0.717) is 70.6 Å². The average Bonchev–Trinajstić information content (AvgIpc) is 3.54. The van der Waals surface area contributed by atoms with Gasteiger partial charge in [0.25, 0.3) is 5.91 Å². The van der Waals surface area contributed by atoms with E-state index in [1.165, 1.54) is 11.1 Å². The van der Waals surface area contributed by atoms with Crippen LogP contribution in [0.5, 0.6) is 5.75 Å². The highest BCUT2D eigenvalue weighted by atomic mass is 35.5. The number of imide groups is 1. The van der Waals surface area contributed by atoms with Gasteiger partial charge in [-0.1, -0.05) is 29.8 Å². The second kappa shape index (κ2) is 17.5. The van der Waals surface area contributed by atoms with Gasteiger partial charge in [-0.2, -0.15) is 4.98 Å². The molecule has 17 heteroatoms. The summed E-state index contributed by atoms with van der Waals surface area (Å²) in [4.78, 5) is 62.8. The Balaban J connectivity index is 0.873. The van der Waals surface area contributed by atoms with Gasteiger partial charge in [0.05, 0.1) is 24.7 Å². The molecule has 2 saturated heterocycles. The maximum Gasteiger partial charge on any atom is 0.255 e. The number of carbonyl (C=O) groups is 4. The lowest BCUT2D eigenvalue weighted by atomic mass is 10.0. The molecular formula is C41H47ClN9O6P. The smallest absolute Gasteiger partial charge is 0.255 e. The summed E-state index contributed by atoms with van der Waals surface area (Å²) in [5.74, 6) is 0.310. The van der Waals surface area contributed by atoms with Crippen molar-refractivity contribution in [2.45, 2.75) is 57.2 Å². The third-order valence-corrected chi connectivity index (χ3v) is 12.4. The Morgan fingerprint density at radius 2 is 1.76 bits per heavy atom. The number of aromatic nitrogens is 2. The third kappa shape index (κ3) is 9.21. The van der Waals surface area contributed by atoms with Crippen LogP contribution in [0.1, 0.15) is 54.4 Å². The highest BCUT2D eigenvalue weighted by Gasteiger charge is 2.40. The fourth-order valence-electron chi connectivity index (χ4n) is 7.60. The number of benzene rings is 3. The van der Waals surface area contributed by atoms with Crippen LogP contribution in [-0.4, -0.2) is 90.7 Å². The zero-order valence-corrected chi connectivity index (χ0v) is 34.3. The molecule has 4 aromatic rings. The minimum Gasteiger partial charge on any atom is -0.494 e. The topological polar surface area (TPSA) is 187 Å². The molecule has 0 saturated carbocycles. The van der Waals surface area contributed by atoms with Crippen LogP contribution in [-0.2, 0) is 25.5 Å². The molecule has 5 N–H and O–H groups in total. The fraction of sp³-hybridized carbons (Fsp3) is 0.366. The van der Waals surface area contributed by atoms with Crippen molar-refractivity contribution in [3.8, 4) is 5.75 Å². The summed E-state index contributed by atoms with van der Waals surface area (Å²) in [5, 5.41) is 16.4. The van der Waals surface area contributed by atoms with E-state index in [1.807, 2.05) is 48.5 Å². The summed E-state index contributed by atoms with van der Waals surface area (Å²) in [7, 11) is -0.960. The Morgan fingerprint density at radius 1 is 0.983 bits per heavy atom. The van der Waals surface area contributed by atoms with Crippen LogP contribution in [0.3, 0.4) is 0 Å². The summed E-state index contributed by atoms with van der Waals surface area (Å²) in [5.41, 5.74) is 4.50. The van der Waals surface area contributed by atoms with E-state index in [2.05, 4.69) is 41.5 Å². The Labute approximate surface area is 342 Å². The molecule has 1 aromatic heterocycles. The molecule has 15 nitrogen and oxygen atoms in total. The summed E-state index contributed by atoms with van der Waals surface area (Å²) in [6, 6.07) is 18.1. The predicted octanol–water partition coefficient (Wildman–Crippen LogP) is 5.61. The molecule has 3 aliphatic heterocycles. The standard InChI is InChI=1S/C41H47ClN9O6P/c1-57-34-22-26(13-14-31(34)47-41-44-23-29(42)38(49-41)46-32-9-4-5-11-35(32)58(2,3)56)50-20-17-25(18-21-50)45-36(52)12-7-19-43-30-10-6-8-27-28(30)24-51(40(27)55)33-15-16-37(53)48-39(33)54/h4-6,8-11,13-14,22-23,25,33,43H,7,12,15-21,24H2,1-3H3,(H,45,52)(H,48,53,54)(H2,44,46,47,49). The Hall–Kier alpha value is -5.66. The number of methoxy groups -OCH3 is 1. The molecule has 58 heavy (non-hydrogen) atoms. The second-order valence-electron chi connectivity index (χ2n) is 15.0. The van der Waals surface area contributed by atoms with E-state index in [0.717, 1.165) is 42.9 Å². The molecule has 1 unspecified atom stereocenters. The third-order valence-electron chi connectivity index (χ3n) is 10.6. The van der Waals surface area contributed by atoms with Crippen LogP contribution >= 0.6 is 18.7 Å². The Kier molecular flexibility index (Phi) is 12.2. The lowest BCUT2D eigenvalue weighted by molar-refractivity contribution is -0.137. The first kappa shape index (κ1) is 40.5. The van der Waals surface area contributed by atoms with Crippen LogP contribution in [0.2, 0.25) is 5.02 Å². The number of hydrogen-bond acceptors (Lipinski definition) is 12. The van der Waals surface area contributed by atoms with Gasteiger partial charge in [0, 0.05) is 78.9 Å². The van der Waals surface area contributed by atoms with Crippen LogP contribution in [0.25, 0.3) is 0 Å². The maximum atomic E-state index is 13.1. The minimum absolute atomic E-state index is 0.00226. The Bertz CT molecular complexity index is 2280. The van der Waals surface area contributed by atoms with Gasteiger partial charge in [0.2, 0.25) is 23.7 Å². The predicted molar refractivity (Wildman–Crippen MR) is 226 cm³/mol. The number of hydrogen-bond donors (Lipinski definition) is 5. The normalized spacial score (nSPS) is 17.1. The zero-order chi connectivity index (χ0) is 41.0. The molecule has 0 bridgehead atoms. The van der Waals surface area contributed by atoms with Crippen LogP contribution in [0, 0.1) is 0 Å². The quantitative estimate of drug-likeness (QED) is 0.0602. The molecule has 2 fully saturated rings. The van der Waals surface area contributed by atoms with Gasteiger partial charge in [0.1, 0.15) is 24.0 Å². The number of halogens is 1. The molecule has 4 heterocycles. The lowest BCUT2D eigenvalue weighted by Gasteiger charge is -2.34. The minimum atomic E-state index is -2.56. The zero-order valence-electron chi connectivity index (χ0n) is 32.6. The molecule has 304 valence electrons. The first-order valence-electron chi connectivity index (χ1n) is 19.3. The van der Waals surface area contributed by atoms with Crippen LogP contribution in [0.15, 0.2) is 66.9 Å². The fourth-order valence-corrected chi connectivity index (χ4v) is 8.89. The van der Waals surface area contributed by atoms with Gasteiger partial charge in [-0.3, -0.25) is 24.5 Å². The van der Waals surface area contributed by atoms with Crippen molar-refractivity contribution in [1.29, 1.82) is 0 Å². The molecular weight excluding hydrogens is 781 g/mol. The molecule has 1 atom stereocenters. The highest BCUT2D eigenvalue weighted by molar-refractivity contribution is 7.70. The van der Waals surface area contributed by atoms with Crippen molar-refractivity contribution in [1.82, 2.24) is 25.5 Å². The molecule has 0 spiro atoms. The highest BCUT2D eigenvalue weighted by Crippen LogP contribution is 2.39. The number of para-hydroxylation sites is 1. The number of anilines is 6. The van der Waals surface area contributed by atoms with Gasteiger partial charge in [-0.25, -0.2) is 4.98 Å². The number of amides is 4. The molecule has 7 rings (SSSR count). The number of piperidine rings is 2. The van der Waals surface area contributed by atoms with Gasteiger partial charge in [-0.15, -0.1) is 0 Å². The average molecular weight is 828 g/mol. The lowest BCUT2D eigenvalue weighted by Crippen LogP contribution is -2.52. The number of carbonyl (C=O) groups excluding carboxylic acids is 4. The van der Waals surface area contributed by atoms with Crippen molar-refractivity contribution in [3.05, 3.63) is 83.0 Å². The Morgan fingerprint density at radius 3 is 2.52 bits per heavy atom. The molecule has 0 radical (unpaired) electrons. The van der Waals surface area contributed by atoms with Crippen molar-refractivity contribution in [2.75, 3.05) is 60.9 Å². The summed E-state index contributed by atoms with van der Waals surface area (Å²) < 4.78 is 18.6. The van der Waals surface area contributed by atoms with Gasteiger partial charge in [-0.05, 0) is 75.4 Å². The van der Waals surface area contributed by atoms with Crippen molar-refractivity contribution in [2.24, 2.45) is 0 Å². The maximum absolute atomic E-state index is 13.1. The van der Waals surface area contributed by atoms with E-state index < -0.39 is 19.1 Å². The van der Waals surface area contributed by atoms with Crippen molar-refractivity contribution >= 4 is 82.2 Å². The van der Waals surface area contributed by atoms with Gasteiger partial charge in [0.15, 0.2) is 5.82 Å². The van der Waals surface area contributed by atoms with Crippen LogP contribution in [0.4, 0.5) is 34.5 Å². The van der Waals surface area contributed by atoms with Crippen LogP contribution < -0.4 is 41.5 Å². The second-order valence-corrected chi connectivity index (χ2v) is 18.6. The van der Waals surface area contributed by atoms with E-state index in [9.17, 15) is 23.7 Å². The first-order valence-corrected chi connectivity index (χ1v) is 22.3. The molecule has 0 aliphatic carbocycles.